The van der Waals surface area contributed by atoms with Crippen LogP contribution in [0.15, 0.2) is 35.1 Å². The van der Waals surface area contributed by atoms with E-state index in [2.05, 4.69) is 26.2 Å². The number of benzene rings is 1. The number of anilines is 1. The van der Waals surface area contributed by atoms with Gasteiger partial charge in [-0.05, 0) is 53.0 Å². The van der Waals surface area contributed by atoms with Crippen LogP contribution in [0.3, 0.4) is 0 Å². The van der Waals surface area contributed by atoms with Crippen LogP contribution in [0.2, 0.25) is 5.02 Å². The number of carbonyl (C=O) groups excluding carboxylic acids is 2. The Morgan fingerprint density at radius 3 is 2.65 bits per heavy atom. The van der Waals surface area contributed by atoms with Gasteiger partial charge in [-0.25, -0.2) is 4.79 Å². The number of nitrogens with zero attached hydrogens (tertiary/aromatic N) is 1. The quantitative estimate of drug-likeness (QED) is 0.794. The maximum Gasteiger partial charge on any atom is 0.340 e. The summed E-state index contributed by atoms with van der Waals surface area (Å²) in [6.45, 7) is 3.35. The van der Waals surface area contributed by atoms with Crippen LogP contribution in [0.5, 0.6) is 0 Å². The molecule has 2 rings (SSSR count). The highest BCUT2D eigenvalue weighted by molar-refractivity contribution is 9.10. The van der Waals surface area contributed by atoms with Crippen LogP contribution in [0, 0.1) is 13.8 Å². The van der Waals surface area contributed by atoms with Crippen molar-refractivity contribution in [1.29, 1.82) is 0 Å². The van der Waals surface area contributed by atoms with Gasteiger partial charge in [-0.2, -0.15) is 0 Å². The number of esters is 1. The van der Waals surface area contributed by atoms with E-state index in [1.54, 1.807) is 18.3 Å². The number of hydrogen-bond donors (Lipinski definition) is 1. The Morgan fingerprint density at radius 1 is 1.26 bits per heavy atom. The molecular weight excluding hydrogens is 384 g/mol. The minimum absolute atomic E-state index is 0.261. The van der Waals surface area contributed by atoms with E-state index in [0.29, 0.717) is 15.2 Å². The summed E-state index contributed by atoms with van der Waals surface area (Å²) in [5.41, 5.74) is 2.61. The van der Waals surface area contributed by atoms with Gasteiger partial charge in [-0.3, -0.25) is 9.78 Å². The molecule has 0 aliphatic carbocycles. The summed E-state index contributed by atoms with van der Waals surface area (Å²) in [7, 11) is 0. The van der Waals surface area contributed by atoms with E-state index in [4.69, 9.17) is 16.3 Å². The monoisotopic (exact) mass is 396 g/mol. The summed E-state index contributed by atoms with van der Waals surface area (Å²) < 4.78 is 5.62. The highest BCUT2D eigenvalue weighted by Crippen LogP contribution is 2.27. The Hall–Kier alpha value is -1.92. The van der Waals surface area contributed by atoms with E-state index in [1.165, 1.54) is 6.20 Å². The molecule has 0 spiro atoms. The molecule has 1 amide bonds. The van der Waals surface area contributed by atoms with Crippen molar-refractivity contribution in [2.24, 2.45) is 0 Å². The number of halogens is 2. The van der Waals surface area contributed by atoms with Crippen LogP contribution in [-0.2, 0) is 9.53 Å². The van der Waals surface area contributed by atoms with Gasteiger partial charge in [0.2, 0.25) is 0 Å². The summed E-state index contributed by atoms with van der Waals surface area (Å²) in [5.74, 6) is -1.09. The lowest BCUT2D eigenvalue weighted by Crippen LogP contribution is -2.21. The summed E-state index contributed by atoms with van der Waals surface area (Å²) >= 11 is 9.33. The Balaban J connectivity index is 1.97. The molecular formula is C16H14BrClN2O3. The maximum atomic E-state index is 11.9. The smallest absolute Gasteiger partial charge is 0.340 e. The molecule has 1 N–H and O–H groups in total. The van der Waals surface area contributed by atoms with E-state index in [-0.39, 0.29) is 5.56 Å². The number of carbonyl (C=O) groups is 2. The summed E-state index contributed by atoms with van der Waals surface area (Å²) in [5, 5.41) is 3.09. The highest BCUT2D eigenvalue weighted by Gasteiger charge is 2.13. The van der Waals surface area contributed by atoms with Crippen molar-refractivity contribution >= 4 is 45.1 Å². The average Bonchev–Trinajstić information content (AvgIpc) is 2.48. The van der Waals surface area contributed by atoms with Gasteiger partial charge in [0.25, 0.3) is 5.91 Å². The van der Waals surface area contributed by atoms with Crippen molar-refractivity contribution in [2.75, 3.05) is 11.9 Å². The van der Waals surface area contributed by atoms with Gasteiger partial charge in [0.15, 0.2) is 6.61 Å². The molecule has 1 aromatic heterocycles. The fourth-order valence-electron chi connectivity index (χ4n) is 1.99. The van der Waals surface area contributed by atoms with Crippen molar-refractivity contribution in [3.8, 4) is 0 Å². The number of aromatic nitrogens is 1. The van der Waals surface area contributed by atoms with Gasteiger partial charge in [-0.15, -0.1) is 0 Å². The third kappa shape index (κ3) is 4.77. The number of nitrogens with one attached hydrogen (secondary N) is 1. The Bertz CT molecular complexity index is 742. The van der Waals surface area contributed by atoms with Crippen molar-refractivity contribution in [1.82, 2.24) is 4.98 Å². The van der Waals surface area contributed by atoms with E-state index >= 15 is 0 Å². The van der Waals surface area contributed by atoms with Crippen molar-refractivity contribution in [2.45, 2.75) is 13.8 Å². The van der Waals surface area contributed by atoms with Gasteiger partial charge >= 0.3 is 5.97 Å². The molecule has 0 bridgehead atoms. The maximum absolute atomic E-state index is 11.9. The lowest BCUT2D eigenvalue weighted by molar-refractivity contribution is -0.119. The molecule has 0 unspecified atom stereocenters. The summed E-state index contributed by atoms with van der Waals surface area (Å²) in [4.78, 5) is 27.6. The second-order valence-corrected chi connectivity index (χ2v) is 6.28. The largest absolute Gasteiger partial charge is 0.452 e. The predicted molar refractivity (Wildman–Crippen MR) is 91.8 cm³/mol. The number of pyridine rings is 1. The van der Waals surface area contributed by atoms with E-state index in [1.807, 2.05) is 19.9 Å². The Labute approximate surface area is 147 Å². The van der Waals surface area contributed by atoms with Gasteiger partial charge in [0, 0.05) is 16.9 Å². The van der Waals surface area contributed by atoms with Crippen LogP contribution in [-0.4, -0.2) is 23.5 Å². The topological polar surface area (TPSA) is 68.3 Å². The highest BCUT2D eigenvalue weighted by atomic mass is 79.9. The zero-order valence-corrected chi connectivity index (χ0v) is 14.9. The summed E-state index contributed by atoms with van der Waals surface area (Å²) in [6.07, 6.45) is 2.91. The molecule has 0 aliphatic heterocycles. The fraction of sp³-hybridized carbons (Fsp3) is 0.188. The van der Waals surface area contributed by atoms with Gasteiger partial charge in [0.05, 0.1) is 16.3 Å². The lowest BCUT2D eigenvalue weighted by atomic mass is 10.1. The predicted octanol–water partition coefficient (Wildman–Crippen LogP) is 3.91. The zero-order valence-electron chi connectivity index (χ0n) is 12.5. The van der Waals surface area contributed by atoms with Gasteiger partial charge in [-0.1, -0.05) is 17.7 Å². The second kappa shape index (κ2) is 7.57. The Morgan fingerprint density at radius 2 is 2.00 bits per heavy atom. The Kier molecular flexibility index (Phi) is 5.74. The number of rotatable bonds is 4. The van der Waals surface area contributed by atoms with Crippen LogP contribution < -0.4 is 5.32 Å². The first-order chi connectivity index (χ1) is 10.9. The van der Waals surface area contributed by atoms with Crippen LogP contribution >= 0.6 is 27.5 Å². The molecule has 5 nitrogen and oxygen atoms in total. The van der Waals surface area contributed by atoms with Crippen molar-refractivity contribution in [3.05, 3.63) is 56.8 Å². The fourth-order valence-corrected chi connectivity index (χ4v) is 2.72. The minimum atomic E-state index is -0.624. The van der Waals surface area contributed by atoms with Gasteiger partial charge in [0.1, 0.15) is 0 Å². The third-order valence-electron chi connectivity index (χ3n) is 2.97. The van der Waals surface area contributed by atoms with Gasteiger partial charge < -0.3 is 10.1 Å². The molecule has 1 aromatic carbocycles. The summed E-state index contributed by atoms with van der Waals surface area (Å²) in [6, 6.07) is 5.22. The molecule has 23 heavy (non-hydrogen) atoms. The van der Waals surface area contributed by atoms with Crippen molar-refractivity contribution in [3.63, 3.8) is 0 Å². The molecule has 0 atom stereocenters. The number of aryl methyl sites for hydroxylation is 2. The van der Waals surface area contributed by atoms with Crippen LogP contribution in [0.1, 0.15) is 21.5 Å². The zero-order chi connectivity index (χ0) is 17.0. The standard InChI is InChI=1S/C16H14BrClN2O3/c1-9-3-10(2)15(13(18)4-9)20-14(21)8-23-16(22)11-5-12(17)7-19-6-11/h3-7H,8H2,1-2H3,(H,20,21). The molecule has 0 radical (unpaired) electrons. The van der Waals surface area contributed by atoms with Crippen LogP contribution in [0.25, 0.3) is 0 Å². The van der Waals surface area contributed by atoms with E-state index in [0.717, 1.165) is 11.1 Å². The second-order valence-electron chi connectivity index (χ2n) is 4.95. The lowest BCUT2D eigenvalue weighted by Gasteiger charge is -2.11. The number of ether oxygens (including phenoxy) is 1. The molecule has 0 fully saturated rings. The molecule has 1 heterocycles. The molecule has 120 valence electrons. The average molecular weight is 398 g/mol. The third-order valence-corrected chi connectivity index (χ3v) is 3.70. The minimum Gasteiger partial charge on any atom is -0.452 e. The molecule has 0 aliphatic rings. The van der Waals surface area contributed by atoms with Crippen molar-refractivity contribution < 1.29 is 14.3 Å². The van der Waals surface area contributed by atoms with E-state index in [9.17, 15) is 9.59 Å². The first-order valence-corrected chi connectivity index (χ1v) is 7.88. The molecule has 2 aromatic rings. The first-order valence-electron chi connectivity index (χ1n) is 6.71. The SMILES string of the molecule is Cc1cc(C)c(NC(=O)COC(=O)c2cncc(Br)c2)c(Cl)c1. The molecule has 0 saturated heterocycles. The first kappa shape index (κ1) is 17.4. The number of amides is 1. The van der Waals surface area contributed by atoms with E-state index < -0.39 is 18.5 Å². The molecule has 0 saturated carbocycles. The normalized spacial score (nSPS) is 10.3. The van der Waals surface area contributed by atoms with Crippen LogP contribution in [0.4, 0.5) is 5.69 Å². The molecule has 7 heteroatoms. The number of hydrogen-bond acceptors (Lipinski definition) is 4.